The normalized spacial score (nSPS) is 19.7. The van der Waals surface area contributed by atoms with Crippen molar-refractivity contribution < 1.29 is 9.53 Å². The molecule has 24 heavy (non-hydrogen) atoms. The van der Waals surface area contributed by atoms with Crippen LogP contribution in [0.2, 0.25) is 0 Å². The molecule has 2 atom stereocenters. The van der Waals surface area contributed by atoms with Crippen LogP contribution < -0.4 is 5.73 Å². The Bertz CT molecular complexity index is 500. The highest BCUT2D eigenvalue weighted by Gasteiger charge is 2.33. The van der Waals surface area contributed by atoms with E-state index in [2.05, 4.69) is 32.6 Å². The zero-order valence-electron chi connectivity index (χ0n) is 16.0. The van der Waals surface area contributed by atoms with E-state index in [9.17, 15) is 4.79 Å². The first kappa shape index (κ1) is 20.5. The second kappa shape index (κ2) is 9.07. The van der Waals surface area contributed by atoms with Crippen LogP contribution in [0.4, 0.5) is 4.79 Å². The molecule has 0 aromatic heterocycles. The second-order valence-corrected chi connectivity index (χ2v) is 7.60. The summed E-state index contributed by atoms with van der Waals surface area (Å²) in [7, 11) is 0. The number of carbonyl (C=O) groups excluding carboxylic acids is 1. The predicted molar refractivity (Wildman–Crippen MR) is 101 cm³/mol. The number of hydrogen-bond donors (Lipinski definition) is 1. The van der Waals surface area contributed by atoms with Gasteiger partial charge in [-0.05, 0) is 63.6 Å². The molecule has 0 saturated heterocycles. The minimum atomic E-state index is -0.500. The van der Waals surface area contributed by atoms with Gasteiger partial charge in [-0.1, -0.05) is 38.7 Å². The van der Waals surface area contributed by atoms with Crippen LogP contribution in [0.25, 0.3) is 0 Å². The second-order valence-electron chi connectivity index (χ2n) is 7.60. The SMILES string of the molecule is C=CC1=C(/C=C\CC)CC(N(CC(C)CN)C(=O)OC(C)(C)C)C1. The Kier molecular flexibility index (Phi) is 7.74. The average molecular weight is 335 g/mol. The first-order valence-corrected chi connectivity index (χ1v) is 8.92. The van der Waals surface area contributed by atoms with Crippen molar-refractivity contribution in [3.05, 3.63) is 36.0 Å². The third-order valence-electron chi connectivity index (χ3n) is 4.10. The summed E-state index contributed by atoms with van der Waals surface area (Å²) in [5.41, 5.74) is 7.77. The first-order valence-electron chi connectivity index (χ1n) is 8.92. The smallest absolute Gasteiger partial charge is 0.410 e. The Balaban J connectivity index is 2.94. The molecule has 0 fully saturated rings. The average Bonchev–Trinajstić information content (AvgIpc) is 2.91. The highest BCUT2D eigenvalue weighted by molar-refractivity contribution is 5.69. The molecule has 0 aliphatic heterocycles. The fourth-order valence-electron chi connectivity index (χ4n) is 2.82. The van der Waals surface area contributed by atoms with Gasteiger partial charge in [-0.3, -0.25) is 0 Å². The molecule has 0 radical (unpaired) electrons. The third kappa shape index (κ3) is 6.16. The number of rotatable bonds is 7. The number of nitrogens with two attached hydrogens (primary N) is 1. The van der Waals surface area contributed by atoms with Gasteiger partial charge in [0, 0.05) is 12.6 Å². The molecule has 136 valence electrons. The molecule has 4 heteroatoms. The Morgan fingerprint density at radius 1 is 1.42 bits per heavy atom. The van der Waals surface area contributed by atoms with E-state index in [1.807, 2.05) is 31.7 Å². The van der Waals surface area contributed by atoms with Gasteiger partial charge in [0.2, 0.25) is 0 Å². The lowest BCUT2D eigenvalue weighted by molar-refractivity contribution is 0.0140. The molecule has 1 aliphatic rings. The maximum Gasteiger partial charge on any atom is 0.410 e. The van der Waals surface area contributed by atoms with Crippen molar-refractivity contribution in [2.75, 3.05) is 13.1 Å². The number of amides is 1. The molecule has 1 amide bonds. The predicted octanol–water partition coefficient (Wildman–Crippen LogP) is 4.43. The summed E-state index contributed by atoms with van der Waals surface area (Å²) in [5, 5.41) is 0. The van der Waals surface area contributed by atoms with Gasteiger partial charge in [0.25, 0.3) is 0 Å². The molecule has 0 aromatic rings. The first-order chi connectivity index (χ1) is 11.2. The Hall–Kier alpha value is -1.55. The van der Waals surface area contributed by atoms with E-state index in [0.29, 0.717) is 13.1 Å². The number of allylic oxidation sites excluding steroid dienone is 3. The maximum absolute atomic E-state index is 12.7. The lowest BCUT2D eigenvalue weighted by Crippen LogP contribution is -2.45. The molecule has 0 spiro atoms. The van der Waals surface area contributed by atoms with Gasteiger partial charge in [0.05, 0.1) is 0 Å². The van der Waals surface area contributed by atoms with Crippen molar-refractivity contribution in [2.45, 2.75) is 65.5 Å². The molecular formula is C20H34N2O2. The molecule has 2 unspecified atom stereocenters. The third-order valence-corrected chi connectivity index (χ3v) is 4.10. The molecule has 2 N–H and O–H groups in total. The zero-order valence-corrected chi connectivity index (χ0v) is 16.0. The molecule has 1 aliphatic carbocycles. The number of carbonyl (C=O) groups is 1. The van der Waals surface area contributed by atoms with Crippen LogP contribution in [0.15, 0.2) is 36.0 Å². The van der Waals surface area contributed by atoms with E-state index in [1.54, 1.807) is 0 Å². The Morgan fingerprint density at radius 3 is 2.54 bits per heavy atom. The van der Waals surface area contributed by atoms with Crippen molar-refractivity contribution in [3.63, 3.8) is 0 Å². The molecule has 0 bridgehead atoms. The minimum absolute atomic E-state index is 0.110. The van der Waals surface area contributed by atoms with Crippen molar-refractivity contribution in [2.24, 2.45) is 11.7 Å². The van der Waals surface area contributed by atoms with Gasteiger partial charge in [-0.15, -0.1) is 0 Å². The van der Waals surface area contributed by atoms with Crippen LogP contribution in [0.5, 0.6) is 0 Å². The monoisotopic (exact) mass is 334 g/mol. The molecular weight excluding hydrogens is 300 g/mol. The number of ether oxygens (including phenoxy) is 1. The van der Waals surface area contributed by atoms with E-state index in [0.717, 1.165) is 19.3 Å². The zero-order chi connectivity index (χ0) is 18.3. The number of nitrogens with zero attached hydrogens (tertiary/aromatic N) is 1. The summed E-state index contributed by atoms with van der Waals surface area (Å²) in [4.78, 5) is 14.6. The summed E-state index contributed by atoms with van der Waals surface area (Å²) < 4.78 is 5.63. The lowest BCUT2D eigenvalue weighted by Gasteiger charge is -2.33. The number of hydrogen-bond acceptors (Lipinski definition) is 3. The fraction of sp³-hybridized carbons (Fsp3) is 0.650. The van der Waals surface area contributed by atoms with Gasteiger partial charge in [0.15, 0.2) is 0 Å². The van der Waals surface area contributed by atoms with E-state index in [-0.39, 0.29) is 18.1 Å². The van der Waals surface area contributed by atoms with Crippen molar-refractivity contribution >= 4 is 6.09 Å². The van der Waals surface area contributed by atoms with Crippen molar-refractivity contribution in [3.8, 4) is 0 Å². The maximum atomic E-state index is 12.7. The highest BCUT2D eigenvalue weighted by Crippen LogP contribution is 2.33. The van der Waals surface area contributed by atoms with Crippen LogP contribution in [0.1, 0.15) is 53.9 Å². The molecule has 1 rings (SSSR count). The molecule has 0 saturated carbocycles. The van der Waals surface area contributed by atoms with Crippen LogP contribution in [-0.4, -0.2) is 35.7 Å². The lowest BCUT2D eigenvalue weighted by atomic mass is 10.1. The van der Waals surface area contributed by atoms with Crippen LogP contribution in [0.3, 0.4) is 0 Å². The van der Waals surface area contributed by atoms with Crippen LogP contribution >= 0.6 is 0 Å². The summed E-state index contributed by atoms with van der Waals surface area (Å²) in [6.45, 7) is 15.0. The van der Waals surface area contributed by atoms with E-state index >= 15 is 0 Å². The van der Waals surface area contributed by atoms with Crippen LogP contribution in [-0.2, 0) is 4.74 Å². The van der Waals surface area contributed by atoms with E-state index in [4.69, 9.17) is 10.5 Å². The Morgan fingerprint density at radius 2 is 2.04 bits per heavy atom. The Labute approximate surface area is 147 Å². The standard InChI is InChI=1S/C20H34N2O2/c1-7-9-10-17-12-18(11-16(17)8-2)22(14-15(3)13-21)19(23)24-20(4,5)6/h8-10,15,18H,2,7,11-14,21H2,1,3-6H3/b10-9-. The van der Waals surface area contributed by atoms with Gasteiger partial charge in [0.1, 0.15) is 5.60 Å². The largest absolute Gasteiger partial charge is 0.444 e. The fourth-order valence-corrected chi connectivity index (χ4v) is 2.82. The molecule has 0 heterocycles. The molecule has 4 nitrogen and oxygen atoms in total. The summed E-state index contributed by atoms with van der Waals surface area (Å²) in [6.07, 6.45) is 8.64. The van der Waals surface area contributed by atoms with E-state index < -0.39 is 5.60 Å². The van der Waals surface area contributed by atoms with E-state index in [1.165, 1.54) is 11.1 Å². The van der Waals surface area contributed by atoms with Gasteiger partial charge >= 0.3 is 6.09 Å². The van der Waals surface area contributed by atoms with Gasteiger partial charge in [-0.25, -0.2) is 4.79 Å². The van der Waals surface area contributed by atoms with Gasteiger partial charge in [-0.2, -0.15) is 0 Å². The minimum Gasteiger partial charge on any atom is -0.444 e. The van der Waals surface area contributed by atoms with Gasteiger partial charge < -0.3 is 15.4 Å². The quantitative estimate of drug-likeness (QED) is 0.749. The van der Waals surface area contributed by atoms with Crippen LogP contribution in [0, 0.1) is 5.92 Å². The van der Waals surface area contributed by atoms with Crippen molar-refractivity contribution in [1.29, 1.82) is 0 Å². The highest BCUT2D eigenvalue weighted by atomic mass is 16.6. The molecule has 0 aromatic carbocycles. The summed E-state index contributed by atoms with van der Waals surface area (Å²) >= 11 is 0. The van der Waals surface area contributed by atoms with Crippen molar-refractivity contribution in [1.82, 2.24) is 4.90 Å². The summed E-state index contributed by atoms with van der Waals surface area (Å²) in [6, 6.07) is 0.110. The summed E-state index contributed by atoms with van der Waals surface area (Å²) in [5.74, 6) is 0.236. The topological polar surface area (TPSA) is 55.6 Å².